The minimum Gasteiger partial charge on any atom is -0.489 e. The van der Waals surface area contributed by atoms with Gasteiger partial charge in [-0.1, -0.05) is 42.5 Å². The fourth-order valence-corrected chi connectivity index (χ4v) is 2.66. The lowest BCUT2D eigenvalue weighted by Gasteiger charge is -2.09. The van der Waals surface area contributed by atoms with Gasteiger partial charge in [0.05, 0.1) is 10.9 Å². The quantitative estimate of drug-likeness (QED) is 0.569. The summed E-state index contributed by atoms with van der Waals surface area (Å²) in [5.41, 5.74) is 2.42. The first-order valence-corrected chi connectivity index (χ1v) is 8.31. The van der Waals surface area contributed by atoms with Gasteiger partial charge in [0.25, 0.3) is 5.56 Å². The van der Waals surface area contributed by atoms with Crippen LogP contribution < -0.4 is 15.6 Å². The monoisotopic (exact) mass is 343 g/mol. The van der Waals surface area contributed by atoms with Crippen molar-refractivity contribution in [3.63, 3.8) is 0 Å². The molecule has 0 radical (unpaired) electrons. The Morgan fingerprint density at radius 1 is 0.885 bits per heavy atom. The summed E-state index contributed by atoms with van der Waals surface area (Å²) < 4.78 is 5.77. The Bertz CT molecular complexity index is 1070. The van der Waals surface area contributed by atoms with Crippen LogP contribution in [0.4, 0.5) is 11.6 Å². The van der Waals surface area contributed by atoms with Crippen molar-refractivity contribution in [3.05, 3.63) is 94.8 Å². The highest BCUT2D eigenvalue weighted by molar-refractivity contribution is 5.78. The normalized spacial score (nSPS) is 10.6. The highest BCUT2D eigenvalue weighted by Crippen LogP contribution is 2.19. The number of benzene rings is 3. The smallest absolute Gasteiger partial charge is 0.260 e. The molecule has 26 heavy (non-hydrogen) atoms. The number of anilines is 2. The number of fused-ring (bicyclic) bond motifs is 1. The highest BCUT2D eigenvalue weighted by Gasteiger charge is 2.04. The topological polar surface area (TPSA) is 67.0 Å². The molecular weight excluding hydrogens is 326 g/mol. The van der Waals surface area contributed by atoms with E-state index in [9.17, 15) is 4.79 Å². The van der Waals surface area contributed by atoms with Gasteiger partial charge in [0.15, 0.2) is 0 Å². The van der Waals surface area contributed by atoms with Crippen LogP contribution in [0.5, 0.6) is 5.75 Å². The van der Waals surface area contributed by atoms with Gasteiger partial charge in [-0.15, -0.1) is 0 Å². The molecule has 0 aliphatic heterocycles. The Morgan fingerprint density at radius 2 is 1.62 bits per heavy atom. The molecule has 3 aromatic carbocycles. The first kappa shape index (κ1) is 15.9. The number of nitrogens with zero attached hydrogens (tertiary/aromatic N) is 1. The molecule has 128 valence electrons. The van der Waals surface area contributed by atoms with E-state index in [1.807, 2.05) is 72.8 Å². The van der Waals surface area contributed by atoms with Crippen molar-refractivity contribution < 1.29 is 4.74 Å². The predicted octanol–water partition coefficient (Wildman–Crippen LogP) is 4.25. The molecule has 4 rings (SSSR count). The van der Waals surface area contributed by atoms with Crippen LogP contribution in [0, 0.1) is 0 Å². The minimum absolute atomic E-state index is 0.166. The van der Waals surface area contributed by atoms with E-state index in [2.05, 4.69) is 15.3 Å². The number of aromatic nitrogens is 2. The van der Waals surface area contributed by atoms with E-state index in [-0.39, 0.29) is 5.56 Å². The Morgan fingerprint density at radius 3 is 2.42 bits per heavy atom. The van der Waals surface area contributed by atoms with Gasteiger partial charge in [-0.25, -0.2) is 4.98 Å². The summed E-state index contributed by atoms with van der Waals surface area (Å²) in [6.07, 6.45) is 0. The molecule has 0 aliphatic rings. The molecule has 4 aromatic rings. The number of rotatable bonds is 5. The third-order valence-corrected chi connectivity index (χ3v) is 3.98. The summed E-state index contributed by atoms with van der Waals surface area (Å²) in [6.45, 7) is 0.521. The van der Waals surface area contributed by atoms with Crippen molar-refractivity contribution in [2.75, 3.05) is 5.32 Å². The number of aromatic amines is 1. The first-order valence-electron chi connectivity index (χ1n) is 8.31. The second-order valence-electron chi connectivity index (χ2n) is 5.86. The fourth-order valence-electron chi connectivity index (χ4n) is 2.66. The van der Waals surface area contributed by atoms with Crippen molar-refractivity contribution in [2.45, 2.75) is 6.61 Å². The molecular formula is C21H17N3O2. The summed E-state index contributed by atoms with van der Waals surface area (Å²) in [7, 11) is 0. The van der Waals surface area contributed by atoms with Gasteiger partial charge in [0.1, 0.15) is 12.4 Å². The van der Waals surface area contributed by atoms with Gasteiger partial charge in [-0.3, -0.25) is 9.78 Å². The molecule has 0 saturated carbocycles. The van der Waals surface area contributed by atoms with Gasteiger partial charge in [-0.05, 0) is 42.0 Å². The molecule has 0 bridgehead atoms. The standard InChI is InChI=1S/C21H17N3O2/c25-20-18-8-4-5-9-19(18)23-21(24-20)22-16-10-12-17(13-11-16)26-14-15-6-2-1-3-7-15/h1-13H,14H2,(H2,22,23,24,25). The van der Waals surface area contributed by atoms with Crippen molar-refractivity contribution in [3.8, 4) is 5.75 Å². The van der Waals surface area contributed by atoms with Gasteiger partial charge in [-0.2, -0.15) is 0 Å². The maximum atomic E-state index is 12.1. The molecule has 0 fully saturated rings. The van der Waals surface area contributed by atoms with Crippen molar-refractivity contribution in [1.29, 1.82) is 0 Å². The van der Waals surface area contributed by atoms with Crippen LogP contribution in [-0.4, -0.2) is 9.97 Å². The van der Waals surface area contributed by atoms with Crippen LogP contribution in [0.2, 0.25) is 0 Å². The van der Waals surface area contributed by atoms with Crippen LogP contribution in [-0.2, 0) is 6.61 Å². The van der Waals surface area contributed by atoms with E-state index in [4.69, 9.17) is 4.74 Å². The molecule has 0 unspecified atom stereocenters. The van der Waals surface area contributed by atoms with Crippen LogP contribution in [0.1, 0.15) is 5.56 Å². The minimum atomic E-state index is -0.166. The summed E-state index contributed by atoms with van der Waals surface area (Å²) in [5, 5.41) is 3.69. The maximum absolute atomic E-state index is 12.1. The molecule has 1 heterocycles. The van der Waals surface area contributed by atoms with E-state index >= 15 is 0 Å². The lowest BCUT2D eigenvalue weighted by molar-refractivity contribution is 0.306. The molecule has 0 saturated heterocycles. The molecule has 0 spiro atoms. The Hall–Kier alpha value is -3.60. The third-order valence-electron chi connectivity index (χ3n) is 3.98. The second kappa shape index (κ2) is 7.11. The van der Waals surface area contributed by atoms with Gasteiger partial charge in [0.2, 0.25) is 5.95 Å². The summed E-state index contributed by atoms with van der Waals surface area (Å²) in [4.78, 5) is 19.3. The third kappa shape index (κ3) is 3.57. The SMILES string of the molecule is O=c1[nH]c(Nc2ccc(OCc3ccccc3)cc2)nc2ccccc12. The lowest BCUT2D eigenvalue weighted by Crippen LogP contribution is -2.11. The van der Waals surface area contributed by atoms with Crippen LogP contribution in [0.25, 0.3) is 10.9 Å². The molecule has 2 N–H and O–H groups in total. The zero-order valence-electron chi connectivity index (χ0n) is 14.0. The van der Waals surface area contributed by atoms with E-state index in [0.29, 0.717) is 23.5 Å². The van der Waals surface area contributed by atoms with Crippen LogP contribution >= 0.6 is 0 Å². The van der Waals surface area contributed by atoms with E-state index in [1.54, 1.807) is 6.07 Å². The number of hydrogen-bond donors (Lipinski definition) is 2. The predicted molar refractivity (Wildman–Crippen MR) is 103 cm³/mol. The van der Waals surface area contributed by atoms with Crippen molar-refractivity contribution in [1.82, 2.24) is 9.97 Å². The molecule has 0 amide bonds. The zero-order valence-corrected chi connectivity index (χ0v) is 14.0. The maximum Gasteiger partial charge on any atom is 0.260 e. The van der Waals surface area contributed by atoms with Gasteiger partial charge < -0.3 is 10.1 Å². The van der Waals surface area contributed by atoms with E-state index in [1.165, 1.54) is 0 Å². The van der Waals surface area contributed by atoms with E-state index in [0.717, 1.165) is 17.0 Å². The summed E-state index contributed by atoms with van der Waals surface area (Å²) >= 11 is 0. The van der Waals surface area contributed by atoms with Crippen molar-refractivity contribution in [2.24, 2.45) is 0 Å². The average Bonchev–Trinajstić information content (AvgIpc) is 2.68. The number of H-pyrrole nitrogens is 1. The van der Waals surface area contributed by atoms with Crippen molar-refractivity contribution >= 4 is 22.5 Å². The largest absolute Gasteiger partial charge is 0.489 e. The molecule has 0 aliphatic carbocycles. The fraction of sp³-hybridized carbons (Fsp3) is 0.0476. The number of para-hydroxylation sites is 1. The van der Waals surface area contributed by atoms with Crippen LogP contribution in [0.3, 0.4) is 0 Å². The Balaban J connectivity index is 1.46. The number of ether oxygens (including phenoxy) is 1. The zero-order chi connectivity index (χ0) is 17.8. The molecule has 0 atom stereocenters. The summed E-state index contributed by atoms with van der Waals surface area (Å²) in [6, 6.07) is 24.8. The Kier molecular flexibility index (Phi) is 4.35. The lowest BCUT2D eigenvalue weighted by atomic mass is 10.2. The number of nitrogens with one attached hydrogen (secondary N) is 2. The molecule has 1 aromatic heterocycles. The number of hydrogen-bond acceptors (Lipinski definition) is 4. The first-order chi connectivity index (χ1) is 12.8. The summed E-state index contributed by atoms with van der Waals surface area (Å²) in [5.74, 6) is 1.19. The van der Waals surface area contributed by atoms with Gasteiger partial charge in [0, 0.05) is 5.69 Å². The molecule has 5 heteroatoms. The van der Waals surface area contributed by atoms with Crippen LogP contribution in [0.15, 0.2) is 83.7 Å². The molecule has 5 nitrogen and oxygen atoms in total. The average molecular weight is 343 g/mol. The van der Waals surface area contributed by atoms with E-state index < -0.39 is 0 Å². The second-order valence-corrected chi connectivity index (χ2v) is 5.86. The van der Waals surface area contributed by atoms with Gasteiger partial charge >= 0.3 is 0 Å². The highest BCUT2D eigenvalue weighted by atomic mass is 16.5. The Labute approximate surface area is 150 Å².